The Morgan fingerprint density at radius 2 is 1.86 bits per heavy atom. The van der Waals surface area contributed by atoms with Crippen LogP contribution in [0.1, 0.15) is 35.1 Å². The number of benzene rings is 2. The number of aryl methyl sites for hydroxylation is 1. The Bertz CT molecular complexity index is 862. The Balaban J connectivity index is 2.09. The maximum absolute atomic E-state index is 12.6. The zero-order valence-corrected chi connectivity index (χ0v) is 16.1. The number of aliphatic hydroxyl groups excluding tert-OH is 1. The second-order valence-electron chi connectivity index (χ2n) is 6.51. The predicted octanol–water partition coefficient (Wildman–Crippen LogP) is 2.72. The van der Waals surface area contributed by atoms with E-state index < -0.39 is 18.0 Å². The first-order chi connectivity index (χ1) is 13.5. The molecule has 0 amide bonds. The van der Waals surface area contributed by atoms with Gasteiger partial charge in [0, 0.05) is 12.2 Å². The second kappa shape index (κ2) is 8.39. The highest BCUT2D eigenvalue weighted by molar-refractivity contribution is 5.82. The van der Waals surface area contributed by atoms with Crippen LogP contribution >= 0.6 is 0 Å². The number of esters is 1. The van der Waals surface area contributed by atoms with Crippen molar-refractivity contribution < 1.29 is 34.0 Å². The number of carbonyl (C=O) groups excluding carboxylic acids is 1. The van der Waals surface area contributed by atoms with Crippen molar-refractivity contribution in [3.8, 4) is 23.0 Å². The number of aromatic hydroxyl groups is 1. The van der Waals surface area contributed by atoms with Gasteiger partial charge in [-0.25, -0.2) is 0 Å². The lowest BCUT2D eigenvalue weighted by Crippen LogP contribution is -2.20. The van der Waals surface area contributed by atoms with E-state index in [1.807, 2.05) is 12.1 Å². The van der Waals surface area contributed by atoms with E-state index in [1.165, 1.54) is 20.3 Å². The van der Waals surface area contributed by atoms with Gasteiger partial charge in [0.15, 0.2) is 23.0 Å². The Labute approximate surface area is 163 Å². The molecule has 150 valence electrons. The number of ether oxygens (including phenoxy) is 4. The molecule has 2 aromatic rings. The zero-order valence-electron chi connectivity index (χ0n) is 16.1. The first-order valence-electron chi connectivity index (χ1n) is 8.97. The molecule has 7 heteroatoms. The number of aliphatic hydroxyl groups is 1. The van der Waals surface area contributed by atoms with Gasteiger partial charge in [-0.15, -0.1) is 0 Å². The molecule has 0 bridgehead atoms. The highest BCUT2D eigenvalue weighted by Gasteiger charge is 2.43. The van der Waals surface area contributed by atoms with Crippen LogP contribution in [0.15, 0.2) is 30.3 Å². The van der Waals surface area contributed by atoms with Gasteiger partial charge in [-0.2, -0.15) is 0 Å². The van der Waals surface area contributed by atoms with Crippen molar-refractivity contribution in [1.82, 2.24) is 0 Å². The fourth-order valence-corrected chi connectivity index (χ4v) is 3.49. The number of methoxy groups -OCH3 is 3. The van der Waals surface area contributed by atoms with Crippen molar-refractivity contribution in [3.63, 3.8) is 0 Å². The average molecular weight is 388 g/mol. The fourth-order valence-electron chi connectivity index (χ4n) is 3.49. The third kappa shape index (κ3) is 3.57. The summed E-state index contributed by atoms with van der Waals surface area (Å²) in [6.07, 6.45) is 0.592. The normalized spacial score (nSPS) is 17.6. The largest absolute Gasteiger partial charge is 0.504 e. The average Bonchev–Trinajstić information content (AvgIpc) is 3.10. The molecule has 2 atom stereocenters. The molecule has 0 radical (unpaired) electrons. The van der Waals surface area contributed by atoms with E-state index in [-0.39, 0.29) is 18.1 Å². The lowest BCUT2D eigenvalue weighted by molar-refractivity contribution is -0.144. The summed E-state index contributed by atoms with van der Waals surface area (Å²) in [6, 6.07) is 8.57. The van der Waals surface area contributed by atoms with Crippen LogP contribution in [-0.4, -0.2) is 44.1 Å². The van der Waals surface area contributed by atoms with Gasteiger partial charge in [0.25, 0.3) is 0 Å². The van der Waals surface area contributed by atoms with Crippen molar-refractivity contribution in [1.29, 1.82) is 0 Å². The van der Waals surface area contributed by atoms with Crippen LogP contribution < -0.4 is 14.2 Å². The number of fused-ring (bicyclic) bond motifs is 1. The topological polar surface area (TPSA) is 94.5 Å². The molecule has 0 unspecified atom stereocenters. The third-order valence-corrected chi connectivity index (χ3v) is 4.86. The maximum atomic E-state index is 12.6. The van der Waals surface area contributed by atoms with Crippen molar-refractivity contribution in [2.24, 2.45) is 0 Å². The smallest absolute Gasteiger partial charge is 0.317 e. The molecule has 0 fully saturated rings. The summed E-state index contributed by atoms with van der Waals surface area (Å²) >= 11 is 0. The molecule has 0 saturated carbocycles. The van der Waals surface area contributed by atoms with Gasteiger partial charge < -0.3 is 29.2 Å². The van der Waals surface area contributed by atoms with Crippen LogP contribution in [0.25, 0.3) is 0 Å². The van der Waals surface area contributed by atoms with E-state index in [9.17, 15) is 9.90 Å². The number of hydrogen-bond donors (Lipinski definition) is 2. The number of carbonyl (C=O) groups is 1. The molecule has 0 spiro atoms. The van der Waals surface area contributed by atoms with Crippen molar-refractivity contribution in [2.45, 2.75) is 24.9 Å². The molecule has 0 aromatic heterocycles. The van der Waals surface area contributed by atoms with E-state index in [1.54, 1.807) is 19.2 Å². The molecule has 7 nitrogen and oxygen atoms in total. The van der Waals surface area contributed by atoms with Crippen LogP contribution in [0.5, 0.6) is 23.0 Å². The molecule has 28 heavy (non-hydrogen) atoms. The Morgan fingerprint density at radius 1 is 1.11 bits per heavy atom. The first-order valence-corrected chi connectivity index (χ1v) is 8.97. The maximum Gasteiger partial charge on any atom is 0.317 e. The minimum Gasteiger partial charge on any atom is -0.504 e. The molecule has 3 rings (SSSR count). The Kier molecular flexibility index (Phi) is 5.94. The summed E-state index contributed by atoms with van der Waals surface area (Å²) in [5.41, 5.74) is 2.28. The lowest BCUT2D eigenvalue weighted by Gasteiger charge is -2.18. The fraction of sp³-hybridized carbons (Fsp3) is 0.381. The second-order valence-corrected chi connectivity index (χ2v) is 6.51. The lowest BCUT2D eigenvalue weighted by atomic mass is 9.89. The highest BCUT2D eigenvalue weighted by Crippen LogP contribution is 2.52. The van der Waals surface area contributed by atoms with E-state index >= 15 is 0 Å². The van der Waals surface area contributed by atoms with Gasteiger partial charge in [-0.1, -0.05) is 12.1 Å². The van der Waals surface area contributed by atoms with E-state index in [4.69, 9.17) is 24.1 Å². The number of phenolic OH excluding ortho intramolecular Hbond substituents is 1. The van der Waals surface area contributed by atoms with Gasteiger partial charge >= 0.3 is 5.97 Å². The van der Waals surface area contributed by atoms with Crippen molar-refractivity contribution in [2.75, 3.05) is 27.9 Å². The van der Waals surface area contributed by atoms with Crippen LogP contribution in [0.2, 0.25) is 0 Å². The molecule has 1 heterocycles. The zero-order chi connectivity index (χ0) is 20.3. The van der Waals surface area contributed by atoms with Crippen LogP contribution in [0, 0.1) is 0 Å². The van der Waals surface area contributed by atoms with Crippen LogP contribution in [0.4, 0.5) is 0 Å². The van der Waals surface area contributed by atoms with Gasteiger partial charge in [0.1, 0.15) is 12.0 Å². The molecule has 1 aliphatic heterocycles. The summed E-state index contributed by atoms with van der Waals surface area (Å²) in [5.74, 6) is 0.168. The van der Waals surface area contributed by atoms with Crippen LogP contribution in [-0.2, 0) is 16.0 Å². The summed E-state index contributed by atoms with van der Waals surface area (Å²) in [4.78, 5) is 12.6. The third-order valence-electron chi connectivity index (χ3n) is 4.86. The van der Waals surface area contributed by atoms with Gasteiger partial charge in [-0.05, 0) is 42.2 Å². The van der Waals surface area contributed by atoms with Crippen molar-refractivity contribution in [3.05, 3.63) is 47.0 Å². The molecule has 2 aromatic carbocycles. The minimum atomic E-state index is -0.697. The van der Waals surface area contributed by atoms with Crippen molar-refractivity contribution >= 4 is 5.97 Å². The first kappa shape index (κ1) is 19.8. The molecule has 1 aliphatic rings. The van der Waals surface area contributed by atoms with Crippen LogP contribution in [0.3, 0.4) is 0 Å². The molecular formula is C21H24O7. The monoisotopic (exact) mass is 388 g/mol. The Morgan fingerprint density at radius 3 is 2.50 bits per heavy atom. The summed E-state index contributed by atoms with van der Waals surface area (Å²) in [7, 11) is 4.33. The molecule has 0 saturated heterocycles. The Hall–Kier alpha value is -2.93. The molecule has 2 N–H and O–H groups in total. The number of phenols is 1. The summed E-state index contributed by atoms with van der Waals surface area (Å²) in [5, 5.41) is 19.0. The predicted molar refractivity (Wildman–Crippen MR) is 101 cm³/mol. The van der Waals surface area contributed by atoms with Gasteiger partial charge in [0.05, 0.1) is 21.3 Å². The van der Waals surface area contributed by atoms with E-state index in [0.29, 0.717) is 35.5 Å². The SMILES string of the molecule is COC(=O)[C@@H]1c2cc(CCCO)cc(OC)c2O[C@H]1c1ccc(O)c(OC)c1. The van der Waals surface area contributed by atoms with E-state index in [2.05, 4.69) is 0 Å². The highest BCUT2D eigenvalue weighted by atomic mass is 16.5. The quantitative estimate of drug-likeness (QED) is 0.704. The molecular weight excluding hydrogens is 364 g/mol. The number of hydrogen-bond acceptors (Lipinski definition) is 7. The van der Waals surface area contributed by atoms with Gasteiger partial charge in [-0.3, -0.25) is 4.79 Å². The minimum absolute atomic E-state index is 0.000231. The van der Waals surface area contributed by atoms with Gasteiger partial charge in [0.2, 0.25) is 0 Å². The summed E-state index contributed by atoms with van der Waals surface area (Å²) < 4.78 is 21.8. The van der Waals surface area contributed by atoms with E-state index in [0.717, 1.165) is 5.56 Å². The standard InChI is InChI=1S/C21H24O7/c1-25-16-11-13(6-7-15(16)23)19-18(21(24)27-3)14-9-12(5-4-8-22)10-17(26-2)20(14)28-19/h6-7,9-11,18-19,22-23H,4-5,8H2,1-3H3/t18-,19+/m1/s1. The summed E-state index contributed by atoms with van der Waals surface area (Å²) in [6.45, 7) is 0.0757. The molecule has 0 aliphatic carbocycles. The number of rotatable bonds is 7.